The van der Waals surface area contributed by atoms with Gasteiger partial charge in [0.05, 0.1) is 7.11 Å². The maximum absolute atomic E-state index is 5.21. The summed E-state index contributed by atoms with van der Waals surface area (Å²) in [7, 11) is 1.69. The highest BCUT2D eigenvalue weighted by molar-refractivity contribution is 5.40. The molecule has 1 atom stereocenters. The zero-order chi connectivity index (χ0) is 13.0. The number of benzene rings is 2. The Balaban J connectivity index is 2.43. The normalized spacial score (nSPS) is 13.9. The van der Waals surface area contributed by atoms with E-state index in [0.717, 1.165) is 12.2 Å². The average molecular weight is 239 g/mol. The standard InChI is InChI=1S/C17H19O/c1-4-17(2,14-8-6-5-7-9-14)15-10-12-16(18-3)13-11-15/h5-13H,1,4H2,2-3H3. The van der Waals surface area contributed by atoms with E-state index in [4.69, 9.17) is 4.74 Å². The predicted molar refractivity (Wildman–Crippen MR) is 75.9 cm³/mol. The fourth-order valence-corrected chi connectivity index (χ4v) is 2.22. The van der Waals surface area contributed by atoms with E-state index in [2.05, 4.69) is 50.2 Å². The first kappa shape index (κ1) is 12.7. The SMILES string of the molecule is [CH2]CC(C)(c1ccccc1)c1ccc(OC)cc1. The molecule has 93 valence electrons. The van der Waals surface area contributed by atoms with Crippen molar-refractivity contribution in [1.29, 1.82) is 0 Å². The summed E-state index contributed by atoms with van der Waals surface area (Å²) in [5.41, 5.74) is 2.52. The second-order valence-electron chi connectivity index (χ2n) is 4.68. The molecular weight excluding hydrogens is 220 g/mol. The summed E-state index contributed by atoms with van der Waals surface area (Å²) in [5.74, 6) is 0.887. The van der Waals surface area contributed by atoms with Gasteiger partial charge in [0, 0.05) is 5.41 Å². The molecule has 0 aliphatic carbocycles. The first-order chi connectivity index (χ1) is 8.70. The van der Waals surface area contributed by atoms with Gasteiger partial charge < -0.3 is 4.74 Å². The number of rotatable bonds is 4. The second kappa shape index (κ2) is 5.26. The molecule has 1 unspecified atom stereocenters. The summed E-state index contributed by atoms with van der Waals surface area (Å²) < 4.78 is 5.21. The first-order valence-corrected chi connectivity index (χ1v) is 6.20. The van der Waals surface area contributed by atoms with Crippen molar-refractivity contribution in [2.24, 2.45) is 0 Å². The molecule has 2 aromatic rings. The highest BCUT2D eigenvalue weighted by Gasteiger charge is 2.26. The lowest BCUT2D eigenvalue weighted by atomic mass is 9.74. The van der Waals surface area contributed by atoms with Crippen LogP contribution in [0.1, 0.15) is 24.5 Å². The molecule has 0 heterocycles. The minimum atomic E-state index is -0.0481. The summed E-state index contributed by atoms with van der Waals surface area (Å²) in [6.07, 6.45) is 0.823. The van der Waals surface area contributed by atoms with E-state index >= 15 is 0 Å². The minimum absolute atomic E-state index is 0.0481. The minimum Gasteiger partial charge on any atom is -0.497 e. The van der Waals surface area contributed by atoms with Gasteiger partial charge in [0.25, 0.3) is 0 Å². The van der Waals surface area contributed by atoms with Crippen molar-refractivity contribution in [3.63, 3.8) is 0 Å². The Kier molecular flexibility index (Phi) is 3.71. The Hall–Kier alpha value is -1.76. The van der Waals surface area contributed by atoms with Crippen LogP contribution in [0.15, 0.2) is 54.6 Å². The van der Waals surface area contributed by atoms with Crippen LogP contribution in [0.3, 0.4) is 0 Å². The van der Waals surface area contributed by atoms with Crippen LogP contribution in [0.4, 0.5) is 0 Å². The summed E-state index contributed by atoms with van der Waals surface area (Å²) in [6, 6.07) is 18.8. The lowest BCUT2D eigenvalue weighted by Gasteiger charge is -2.29. The number of hydrogen-bond donors (Lipinski definition) is 0. The molecule has 0 saturated heterocycles. The van der Waals surface area contributed by atoms with Crippen molar-refractivity contribution in [1.82, 2.24) is 0 Å². The van der Waals surface area contributed by atoms with Crippen LogP contribution in [-0.2, 0) is 5.41 Å². The molecule has 1 nitrogen and oxygen atoms in total. The zero-order valence-corrected chi connectivity index (χ0v) is 11.0. The van der Waals surface area contributed by atoms with Gasteiger partial charge in [-0.3, -0.25) is 0 Å². The highest BCUT2D eigenvalue weighted by Crippen LogP contribution is 2.35. The van der Waals surface area contributed by atoms with Gasteiger partial charge in [0.15, 0.2) is 0 Å². The molecule has 0 aliphatic rings. The van der Waals surface area contributed by atoms with Gasteiger partial charge in [0.1, 0.15) is 5.75 Å². The predicted octanol–water partition coefficient (Wildman–Crippen LogP) is 4.23. The second-order valence-corrected chi connectivity index (χ2v) is 4.68. The molecular formula is C17H19O. The van der Waals surface area contributed by atoms with E-state index in [-0.39, 0.29) is 5.41 Å². The molecule has 0 saturated carbocycles. The first-order valence-electron chi connectivity index (χ1n) is 6.20. The van der Waals surface area contributed by atoms with Crippen LogP contribution < -0.4 is 4.74 Å². The Morgan fingerprint density at radius 3 is 2.00 bits per heavy atom. The van der Waals surface area contributed by atoms with Crippen molar-refractivity contribution >= 4 is 0 Å². The molecule has 1 radical (unpaired) electrons. The van der Waals surface area contributed by atoms with Crippen molar-refractivity contribution in [3.05, 3.63) is 72.6 Å². The number of ether oxygens (including phenoxy) is 1. The summed E-state index contributed by atoms with van der Waals surface area (Å²) >= 11 is 0. The molecule has 1 heteroatoms. The molecule has 0 aromatic heterocycles. The van der Waals surface area contributed by atoms with Crippen molar-refractivity contribution < 1.29 is 4.74 Å². The highest BCUT2D eigenvalue weighted by atomic mass is 16.5. The number of methoxy groups -OCH3 is 1. The molecule has 0 aliphatic heterocycles. The van der Waals surface area contributed by atoms with E-state index in [1.165, 1.54) is 11.1 Å². The van der Waals surface area contributed by atoms with Crippen LogP contribution in [0.5, 0.6) is 5.75 Å². The maximum Gasteiger partial charge on any atom is 0.118 e. The van der Waals surface area contributed by atoms with E-state index in [1.807, 2.05) is 18.2 Å². The third kappa shape index (κ3) is 2.26. The molecule has 2 rings (SSSR count). The monoisotopic (exact) mass is 239 g/mol. The quantitative estimate of drug-likeness (QED) is 0.776. The molecule has 0 bridgehead atoms. The van der Waals surface area contributed by atoms with Gasteiger partial charge in [0.2, 0.25) is 0 Å². The van der Waals surface area contributed by atoms with Crippen LogP contribution in [0.2, 0.25) is 0 Å². The van der Waals surface area contributed by atoms with Crippen molar-refractivity contribution in [2.75, 3.05) is 7.11 Å². The molecule has 0 N–H and O–H groups in total. The van der Waals surface area contributed by atoms with Crippen molar-refractivity contribution in [3.8, 4) is 5.75 Å². The Morgan fingerprint density at radius 1 is 0.944 bits per heavy atom. The zero-order valence-electron chi connectivity index (χ0n) is 11.0. The largest absolute Gasteiger partial charge is 0.497 e. The molecule has 0 spiro atoms. The fourth-order valence-electron chi connectivity index (χ4n) is 2.22. The lowest BCUT2D eigenvalue weighted by molar-refractivity contribution is 0.414. The molecule has 18 heavy (non-hydrogen) atoms. The average Bonchev–Trinajstić information content (AvgIpc) is 2.47. The van der Waals surface area contributed by atoms with Crippen LogP contribution >= 0.6 is 0 Å². The number of hydrogen-bond acceptors (Lipinski definition) is 1. The topological polar surface area (TPSA) is 9.23 Å². The van der Waals surface area contributed by atoms with Gasteiger partial charge in [-0.1, -0.05) is 56.3 Å². The van der Waals surface area contributed by atoms with Gasteiger partial charge in [-0.25, -0.2) is 0 Å². The third-order valence-corrected chi connectivity index (χ3v) is 3.64. The summed E-state index contributed by atoms with van der Waals surface area (Å²) in [4.78, 5) is 0. The molecule has 2 aromatic carbocycles. The fraction of sp³-hybridized carbons (Fsp3) is 0.235. The van der Waals surface area contributed by atoms with Gasteiger partial charge in [-0.15, -0.1) is 0 Å². The Bertz CT molecular complexity index is 487. The lowest BCUT2D eigenvalue weighted by Crippen LogP contribution is -2.22. The van der Waals surface area contributed by atoms with Crippen LogP contribution in [0.25, 0.3) is 0 Å². The van der Waals surface area contributed by atoms with Gasteiger partial charge >= 0.3 is 0 Å². The third-order valence-electron chi connectivity index (χ3n) is 3.64. The smallest absolute Gasteiger partial charge is 0.118 e. The van der Waals surface area contributed by atoms with Gasteiger partial charge in [-0.05, 0) is 29.7 Å². The maximum atomic E-state index is 5.21. The molecule has 0 fully saturated rings. The summed E-state index contributed by atoms with van der Waals surface area (Å²) in [5, 5.41) is 0. The van der Waals surface area contributed by atoms with E-state index < -0.39 is 0 Å². The van der Waals surface area contributed by atoms with Crippen LogP contribution in [0, 0.1) is 6.92 Å². The van der Waals surface area contributed by atoms with Gasteiger partial charge in [-0.2, -0.15) is 0 Å². The summed E-state index contributed by atoms with van der Waals surface area (Å²) in [6.45, 7) is 6.36. The van der Waals surface area contributed by atoms with E-state index in [0.29, 0.717) is 0 Å². The Labute approximate surface area is 109 Å². The molecule has 0 amide bonds. The van der Waals surface area contributed by atoms with Crippen molar-refractivity contribution in [2.45, 2.75) is 18.8 Å². The van der Waals surface area contributed by atoms with E-state index in [1.54, 1.807) is 7.11 Å². The van der Waals surface area contributed by atoms with E-state index in [9.17, 15) is 0 Å². The van der Waals surface area contributed by atoms with Crippen LogP contribution in [-0.4, -0.2) is 7.11 Å². The Morgan fingerprint density at radius 2 is 1.50 bits per heavy atom.